The van der Waals surface area contributed by atoms with Gasteiger partial charge < -0.3 is 10.2 Å². The third-order valence-corrected chi connectivity index (χ3v) is 6.59. The molecule has 1 unspecified atom stereocenters. The van der Waals surface area contributed by atoms with Crippen molar-refractivity contribution in [3.63, 3.8) is 0 Å². The van der Waals surface area contributed by atoms with E-state index in [1.807, 2.05) is 37.4 Å². The van der Waals surface area contributed by atoms with Crippen molar-refractivity contribution in [2.75, 3.05) is 32.4 Å². The molecule has 1 fully saturated rings. The molecule has 0 spiro atoms. The number of aliphatic imine (C=N–C) groups is 1. The zero-order valence-corrected chi connectivity index (χ0v) is 17.5. The Morgan fingerprint density at radius 1 is 1.04 bits per heavy atom. The number of piperidine rings is 1. The Kier molecular flexibility index (Phi) is 8.09. The molecule has 1 N–H and O–H groups in total. The third-order valence-electron chi connectivity index (χ3n) is 5.28. The number of likely N-dealkylation sites (tertiary alicyclic amines) is 1. The summed E-state index contributed by atoms with van der Waals surface area (Å²) in [5, 5.41) is 3.40. The van der Waals surface area contributed by atoms with Crippen LogP contribution in [0.1, 0.15) is 24.0 Å². The highest BCUT2D eigenvalue weighted by Crippen LogP contribution is 2.21. The molecule has 1 heterocycles. The molecule has 0 saturated carbocycles. The first-order valence-electron chi connectivity index (χ1n) is 10.1. The smallest absolute Gasteiger partial charge is 0.193 e. The van der Waals surface area contributed by atoms with E-state index in [9.17, 15) is 4.21 Å². The quantitative estimate of drug-likeness (QED) is 0.575. The molecule has 0 amide bonds. The Hall–Kier alpha value is -2.14. The molecule has 1 aliphatic rings. The molecule has 1 saturated heterocycles. The van der Waals surface area contributed by atoms with Gasteiger partial charge in [-0.3, -0.25) is 9.20 Å². The SMILES string of the molecule is CN=C(NCCS(=O)Cc1ccccc1)N1CCC(Cc2ccccc2)CC1. The molecular formula is C23H31N3OS. The van der Waals surface area contributed by atoms with Gasteiger partial charge >= 0.3 is 0 Å². The van der Waals surface area contributed by atoms with Crippen molar-refractivity contribution in [1.29, 1.82) is 0 Å². The van der Waals surface area contributed by atoms with Gasteiger partial charge in [-0.05, 0) is 36.3 Å². The van der Waals surface area contributed by atoms with Crippen LogP contribution in [0, 0.1) is 5.92 Å². The Morgan fingerprint density at radius 3 is 2.25 bits per heavy atom. The maximum atomic E-state index is 12.3. The number of benzene rings is 2. The third kappa shape index (κ3) is 6.48. The van der Waals surface area contributed by atoms with Crippen molar-refractivity contribution >= 4 is 16.8 Å². The van der Waals surface area contributed by atoms with E-state index in [-0.39, 0.29) is 0 Å². The monoisotopic (exact) mass is 397 g/mol. The minimum Gasteiger partial charge on any atom is -0.355 e. The van der Waals surface area contributed by atoms with Crippen molar-refractivity contribution in [1.82, 2.24) is 10.2 Å². The highest BCUT2D eigenvalue weighted by Gasteiger charge is 2.21. The Bertz CT molecular complexity index is 756. The van der Waals surface area contributed by atoms with E-state index in [2.05, 4.69) is 45.5 Å². The van der Waals surface area contributed by atoms with Gasteiger partial charge in [0, 0.05) is 49.0 Å². The molecule has 1 aliphatic heterocycles. The van der Waals surface area contributed by atoms with E-state index in [4.69, 9.17) is 0 Å². The van der Waals surface area contributed by atoms with Crippen LogP contribution in [0.15, 0.2) is 65.7 Å². The summed E-state index contributed by atoms with van der Waals surface area (Å²) in [4.78, 5) is 6.77. The second-order valence-corrected chi connectivity index (χ2v) is 8.94. The van der Waals surface area contributed by atoms with E-state index in [0.717, 1.165) is 30.5 Å². The van der Waals surface area contributed by atoms with Gasteiger partial charge in [-0.2, -0.15) is 0 Å². The first-order chi connectivity index (χ1) is 13.7. The molecule has 0 aliphatic carbocycles. The van der Waals surface area contributed by atoms with Crippen molar-refractivity contribution in [2.45, 2.75) is 25.0 Å². The van der Waals surface area contributed by atoms with Gasteiger partial charge in [-0.1, -0.05) is 60.7 Å². The second kappa shape index (κ2) is 11.0. The molecule has 28 heavy (non-hydrogen) atoms. The highest BCUT2D eigenvalue weighted by atomic mass is 32.2. The van der Waals surface area contributed by atoms with Crippen LogP contribution in [0.4, 0.5) is 0 Å². The summed E-state index contributed by atoms with van der Waals surface area (Å²) in [6.45, 7) is 2.75. The second-order valence-electron chi connectivity index (χ2n) is 7.37. The Balaban J connectivity index is 1.38. The van der Waals surface area contributed by atoms with E-state index in [0.29, 0.717) is 18.1 Å². The fourth-order valence-corrected chi connectivity index (χ4v) is 4.78. The average molecular weight is 398 g/mol. The Morgan fingerprint density at radius 2 is 1.64 bits per heavy atom. The molecule has 1 atom stereocenters. The normalized spacial score (nSPS) is 16.8. The van der Waals surface area contributed by atoms with Gasteiger partial charge in [-0.25, -0.2) is 0 Å². The lowest BCUT2D eigenvalue weighted by Gasteiger charge is -2.34. The van der Waals surface area contributed by atoms with Crippen LogP contribution in [-0.4, -0.2) is 47.5 Å². The first kappa shape index (κ1) is 20.6. The predicted molar refractivity (Wildman–Crippen MR) is 119 cm³/mol. The van der Waals surface area contributed by atoms with Gasteiger partial charge in [0.05, 0.1) is 0 Å². The van der Waals surface area contributed by atoms with E-state index >= 15 is 0 Å². The van der Waals surface area contributed by atoms with Gasteiger partial charge in [0.15, 0.2) is 5.96 Å². The maximum absolute atomic E-state index is 12.3. The molecule has 0 aromatic heterocycles. The fourth-order valence-electron chi connectivity index (χ4n) is 3.74. The molecule has 3 rings (SSSR count). The van der Waals surface area contributed by atoms with Crippen LogP contribution in [0.2, 0.25) is 0 Å². The van der Waals surface area contributed by atoms with Crippen LogP contribution in [0.3, 0.4) is 0 Å². The van der Waals surface area contributed by atoms with Gasteiger partial charge in [0.1, 0.15) is 0 Å². The zero-order chi connectivity index (χ0) is 19.6. The van der Waals surface area contributed by atoms with E-state index < -0.39 is 10.8 Å². The average Bonchev–Trinajstić information content (AvgIpc) is 2.73. The number of nitrogens with zero attached hydrogens (tertiary/aromatic N) is 2. The van der Waals surface area contributed by atoms with Crippen LogP contribution in [-0.2, 0) is 23.0 Å². The largest absolute Gasteiger partial charge is 0.355 e. The number of hydrogen-bond donors (Lipinski definition) is 1. The van der Waals surface area contributed by atoms with Crippen LogP contribution in [0.25, 0.3) is 0 Å². The number of hydrogen-bond acceptors (Lipinski definition) is 2. The van der Waals surface area contributed by atoms with E-state index in [1.54, 1.807) is 0 Å². The summed E-state index contributed by atoms with van der Waals surface area (Å²) in [5.74, 6) is 2.94. The minimum atomic E-state index is -0.859. The maximum Gasteiger partial charge on any atom is 0.193 e. The molecule has 4 nitrogen and oxygen atoms in total. The molecule has 2 aromatic rings. The lowest BCUT2D eigenvalue weighted by Crippen LogP contribution is -2.46. The zero-order valence-electron chi connectivity index (χ0n) is 16.7. The topological polar surface area (TPSA) is 44.7 Å². The summed E-state index contributed by atoms with van der Waals surface area (Å²) in [7, 11) is 0.974. The summed E-state index contributed by atoms with van der Waals surface area (Å²) < 4.78 is 12.3. The Labute approximate surface area is 171 Å². The van der Waals surface area contributed by atoms with Crippen LogP contribution in [0.5, 0.6) is 0 Å². The van der Waals surface area contributed by atoms with Crippen molar-refractivity contribution < 1.29 is 4.21 Å². The molecular weight excluding hydrogens is 366 g/mol. The van der Waals surface area contributed by atoms with Gasteiger partial charge in [-0.15, -0.1) is 0 Å². The molecule has 5 heteroatoms. The molecule has 150 valence electrons. The summed E-state index contributed by atoms with van der Waals surface area (Å²) in [6.07, 6.45) is 3.55. The van der Waals surface area contributed by atoms with Crippen LogP contribution < -0.4 is 5.32 Å². The number of rotatable bonds is 7. The predicted octanol–water partition coefficient (Wildman–Crippen LogP) is 3.47. The first-order valence-corrected chi connectivity index (χ1v) is 11.6. The molecule has 2 aromatic carbocycles. The number of nitrogens with one attached hydrogen (secondary N) is 1. The highest BCUT2D eigenvalue weighted by molar-refractivity contribution is 7.84. The number of guanidine groups is 1. The summed E-state index contributed by atoms with van der Waals surface area (Å²) >= 11 is 0. The summed E-state index contributed by atoms with van der Waals surface area (Å²) in [6, 6.07) is 20.8. The minimum absolute atomic E-state index is 0.617. The van der Waals surface area contributed by atoms with E-state index in [1.165, 1.54) is 24.8 Å². The van der Waals surface area contributed by atoms with Crippen molar-refractivity contribution in [3.8, 4) is 0 Å². The van der Waals surface area contributed by atoms with Crippen molar-refractivity contribution in [3.05, 3.63) is 71.8 Å². The fraction of sp³-hybridized carbons (Fsp3) is 0.435. The summed E-state index contributed by atoms with van der Waals surface area (Å²) in [5.41, 5.74) is 2.56. The van der Waals surface area contributed by atoms with Gasteiger partial charge in [0.25, 0.3) is 0 Å². The van der Waals surface area contributed by atoms with Gasteiger partial charge in [0.2, 0.25) is 0 Å². The lowest BCUT2D eigenvalue weighted by atomic mass is 9.90. The standard InChI is InChI=1S/C23H31N3OS/c1-24-23(25-14-17-28(27)19-22-10-6-3-7-11-22)26-15-12-21(13-16-26)18-20-8-4-2-5-9-20/h2-11,21H,12-19H2,1H3,(H,24,25). The van der Waals surface area contributed by atoms with Crippen molar-refractivity contribution in [2.24, 2.45) is 10.9 Å². The molecule has 0 radical (unpaired) electrons. The lowest BCUT2D eigenvalue weighted by molar-refractivity contribution is 0.259. The van der Waals surface area contributed by atoms with Crippen LogP contribution >= 0.6 is 0 Å². The molecule has 0 bridgehead atoms.